The fraction of sp³-hybridized carbons (Fsp3) is 0.105. The van der Waals surface area contributed by atoms with E-state index in [2.05, 4.69) is 20.7 Å². The fourth-order valence-corrected chi connectivity index (χ4v) is 2.15. The number of aryl methyl sites for hydroxylation is 1. The summed E-state index contributed by atoms with van der Waals surface area (Å²) in [6.07, 6.45) is 1.57. The first-order valence-electron chi connectivity index (χ1n) is 7.83. The van der Waals surface area contributed by atoms with Gasteiger partial charge in [-0.05, 0) is 48.4 Å². The molecule has 0 unspecified atom stereocenters. The van der Waals surface area contributed by atoms with E-state index in [9.17, 15) is 4.79 Å². The maximum atomic E-state index is 11.8. The van der Waals surface area contributed by atoms with E-state index in [-0.39, 0.29) is 5.91 Å². The summed E-state index contributed by atoms with van der Waals surface area (Å²) in [6, 6.07) is 19.1. The topological polar surface area (TPSA) is 79.4 Å². The van der Waals surface area contributed by atoms with Crippen LogP contribution in [0.5, 0.6) is 5.75 Å². The normalized spacial score (nSPS) is 10.8. The van der Waals surface area contributed by atoms with Crippen LogP contribution >= 0.6 is 0 Å². The van der Waals surface area contributed by atoms with E-state index in [4.69, 9.17) is 4.74 Å². The Morgan fingerprint density at radius 1 is 1.20 bits per heavy atom. The Morgan fingerprint density at radius 2 is 1.96 bits per heavy atom. The lowest BCUT2D eigenvalue weighted by molar-refractivity contribution is 0.0950. The van der Waals surface area contributed by atoms with Crippen LogP contribution in [-0.2, 0) is 6.61 Å². The number of carbonyl (C=O) groups is 1. The monoisotopic (exact) mass is 334 g/mol. The van der Waals surface area contributed by atoms with Crippen molar-refractivity contribution in [3.05, 3.63) is 83.2 Å². The van der Waals surface area contributed by atoms with Crippen LogP contribution in [0.15, 0.2) is 65.8 Å². The lowest BCUT2D eigenvalue weighted by Gasteiger charge is -2.06. The van der Waals surface area contributed by atoms with Crippen molar-refractivity contribution in [2.45, 2.75) is 13.5 Å². The molecule has 0 aliphatic rings. The van der Waals surface area contributed by atoms with E-state index in [1.807, 2.05) is 61.5 Å². The Bertz CT molecular complexity index is 855. The van der Waals surface area contributed by atoms with Crippen LogP contribution in [-0.4, -0.2) is 22.3 Å². The molecule has 0 aliphatic heterocycles. The Hall–Kier alpha value is -3.41. The Balaban J connectivity index is 1.51. The highest BCUT2D eigenvalue weighted by atomic mass is 16.5. The molecule has 1 aromatic heterocycles. The molecule has 0 radical (unpaired) electrons. The minimum Gasteiger partial charge on any atom is -0.489 e. The quantitative estimate of drug-likeness (QED) is 0.537. The van der Waals surface area contributed by atoms with Crippen LogP contribution < -0.4 is 10.2 Å². The number of aromatic nitrogens is 2. The molecule has 0 saturated heterocycles. The molecule has 2 N–H and O–H groups in total. The molecule has 0 fully saturated rings. The smallest absolute Gasteiger partial charge is 0.291 e. The maximum Gasteiger partial charge on any atom is 0.291 e. The van der Waals surface area contributed by atoms with Crippen LogP contribution in [0.25, 0.3) is 0 Å². The van der Waals surface area contributed by atoms with Gasteiger partial charge in [-0.25, -0.2) is 5.43 Å². The van der Waals surface area contributed by atoms with Crippen LogP contribution in [0, 0.1) is 6.92 Å². The number of H-pyrrole nitrogens is 1. The fourth-order valence-electron chi connectivity index (χ4n) is 2.15. The predicted molar refractivity (Wildman–Crippen MR) is 95.6 cm³/mol. The van der Waals surface area contributed by atoms with E-state index in [0.29, 0.717) is 12.3 Å². The van der Waals surface area contributed by atoms with E-state index in [1.165, 1.54) is 0 Å². The van der Waals surface area contributed by atoms with Gasteiger partial charge in [0.1, 0.15) is 12.4 Å². The average Bonchev–Trinajstić information content (AvgIpc) is 3.08. The third-order valence-electron chi connectivity index (χ3n) is 3.45. The first kappa shape index (κ1) is 16.4. The molecule has 3 rings (SSSR count). The van der Waals surface area contributed by atoms with Crippen molar-refractivity contribution < 1.29 is 9.53 Å². The number of benzene rings is 2. The molecular formula is C19H18N4O2. The van der Waals surface area contributed by atoms with E-state index in [0.717, 1.165) is 22.6 Å². The molecule has 126 valence electrons. The lowest BCUT2D eigenvalue weighted by atomic mass is 10.2. The average molecular weight is 334 g/mol. The number of ether oxygens (including phenoxy) is 1. The van der Waals surface area contributed by atoms with Gasteiger partial charge >= 0.3 is 0 Å². The second kappa shape index (κ2) is 7.92. The molecule has 6 heteroatoms. The number of amides is 1. The van der Waals surface area contributed by atoms with Gasteiger partial charge in [0, 0.05) is 5.69 Å². The first-order chi connectivity index (χ1) is 12.2. The number of hydrogen-bond acceptors (Lipinski definition) is 4. The molecule has 1 heterocycles. The summed E-state index contributed by atoms with van der Waals surface area (Å²) in [7, 11) is 0. The van der Waals surface area contributed by atoms with Gasteiger partial charge in [-0.1, -0.05) is 30.3 Å². The Labute approximate surface area is 145 Å². The molecule has 1 amide bonds. The van der Waals surface area contributed by atoms with E-state index >= 15 is 0 Å². The Morgan fingerprint density at radius 3 is 2.64 bits per heavy atom. The standard InChI is InChI=1S/C19H18N4O2/c1-14-11-18(22-21-14)19(24)23-20-12-15-7-9-17(10-8-15)25-13-16-5-3-2-4-6-16/h2-12H,13H2,1H3,(H,21,22)(H,23,24). The number of carbonyl (C=O) groups excluding carboxylic acids is 1. The largest absolute Gasteiger partial charge is 0.489 e. The summed E-state index contributed by atoms with van der Waals surface area (Å²) >= 11 is 0. The van der Waals surface area contributed by atoms with Crippen molar-refractivity contribution in [2.24, 2.45) is 5.10 Å². The molecule has 0 saturated carbocycles. The van der Waals surface area contributed by atoms with E-state index < -0.39 is 0 Å². The Kier molecular flexibility index (Phi) is 5.21. The minimum atomic E-state index is -0.358. The number of rotatable bonds is 6. The van der Waals surface area contributed by atoms with Gasteiger partial charge < -0.3 is 4.74 Å². The van der Waals surface area contributed by atoms with Gasteiger partial charge in [0.05, 0.1) is 6.21 Å². The molecule has 6 nitrogen and oxygen atoms in total. The summed E-state index contributed by atoms with van der Waals surface area (Å²) in [5.74, 6) is 0.417. The summed E-state index contributed by atoms with van der Waals surface area (Å²) in [5, 5.41) is 10.5. The number of aromatic amines is 1. The molecular weight excluding hydrogens is 316 g/mol. The highest BCUT2D eigenvalue weighted by Gasteiger charge is 2.07. The van der Waals surface area contributed by atoms with Gasteiger partial charge in [0.25, 0.3) is 5.91 Å². The zero-order chi connectivity index (χ0) is 17.5. The number of hydrazone groups is 1. The zero-order valence-electron chi connectivity index (χ0n) is 13.8. The van der Waals surface area contributed by atoms with Crippen LogP contribution in [0.4, 0.5) is 0 Å². The highest BCUT2D eigenvalue weighted by molar-refractivity contribution is 5.93. The van der Waals surface area contributed by atoms with Crippen molar-refractivity contribution in [1.29, 1.82) is 0 Å². The third-order valence-corrected chi connectivity index (χ3v) is 3.45. The summed E-state index contributed by atoms with van der Waals surface area (Å²) < 4.78 is 5.72. The van der Waals surface area contributed by atoms with Crippen LogP contribution in [0.3, 0.4) is 0 Å². The SMILES string of the molecule is Cc1cc(C(=O)NN=Cc2ccc(OCc3ccccc3)cc2)n[nH]1. The van der Waals surface area contributed by atoms with Crippen LogP contribution in [0.2, 0.25) is 0 Å². The second-order valence-corrected chi connectivity index (χ2v) is 5.48. The molecule has 0 spiro atoms. The number of hydrogen-bond donors (Lipinski definition) is 2. The molecule has 3 aromatic rings. The van der Waals surface area contributed by atoms with Crippen molar-refractivity contribution in [2.75, 3.05) is 0 Å². The maximum absolute atomic E-state index is 11.8. The van der Waals surface area contributed by atoms with E-state index in [1.54, 1.807) is 12.3 Å². The molecule has 0 aliphatic carbocycles. The predicted octanol–water partition coefficient (Wildman–Crippen LogP) is 3.06. The van der Waals surface area contributed by atoms with Crippen LogP contribution in [0.1, 0.15) is 27.3 Å². The van der Waals surface area contributed by atoms with Crippen molar-refractivity contribution >= 4 is 12.1 Å². The minimum absolute atomic E-state index is 0.305. The molecule has 0 atom stereocenters. The second-order valence-electron chi connectivity index (χ2n) is 5.48. The highest BCUT2D eigenvalue weighted by Crippen LogP contribution is 2.13. The summed E-state index contributed by atoms with van der Waals surface area (Å²) in [4.78, 5) is 11.8. The molecule has 2 aromatic carbocycles. The van der Waals surface area contributed by atoms with Gasteiger partial charge in [0.15, 0.2) is 5.69 Å². The molecule has 0 bridgehead atoms. The summed E-state index contributed by atoms with van der Waals surface area (Å²) in [6.45, 7) is 2.35. The van der Waals surface area contributed by atoms with Gasteiger partial charge in [0.2, 0.25) is 0 Å². The number of nitrogens with one attached hydrogen (secondary N) is 2. The van der Waals surface area contributed by atoms with Gasteiger partial charge in [-0.2, -0.15) is 10.2 Å². The zero-order valence-corrected chi connectivity index (χ0v) is 13.8. The lowest BCUT2D eigenvalue weighted by Crippen LogP contribution is -2.17. The summed E-state index contributed by atoms with van der Waals surface area (Å²) in [5.41, 5.74) is 5.53. The van der Waals surface area contributed by atoms with Crippen molar-refractivity contribution in [3.63, 3.8) is 0 Å². The van der Waals surface area contributed by atoms with Gasteiger partial charge in [-0.15, -0.1) is 0 Å². The first-order valence-corrected chi connectivity index (χ1v) is 7.83. The van der Waals surface area contributed by atoms with Crippen molar-refractivity contribution in [1.82, 2.24) is 15.6 Å². The van der Waals surface area contributed by atoms with Gasteiger partial charge in [-0.3, -0.25) is 9.89 Å². The number of nitrogens with zero attached hydrogens (tertiary/aromatic N) is 2. The molecule has 25 heavy (non-hydrogen) atoms. The van der Waals surface area contributed by atoms with Crippen molar-refractivity contribution in [3.8, 4) is 5.75 Å². The third kappa shape index (κ3) is 4.78.